The van der Waals surface area contributed by atoms with Gasteiger partial charge in [-0.05, 0) is 71.7 Å². The Hall–Kier alpha value is -2.99. The minimum absolute atomic E-state index is 0.0587. The molecule has 1 unspecified atom stereocenters. The molecule has 5 nitrogen and oxygen atoms in total. The van der Waals surface area contributed by atoms with Gasteiger partial charge in [0.2, 0.25) is 0 Å². The van der Waals surface area contributed by atoms with Crippen molar-refractivity contribution in [1.29, 1.82) is 0 Å². The van der Waals surface area contributed by atoms with Crippen molar-refractivity contribution in [3.8, 4) is 0 Å². The van der Waals surface area contributed by atoms with Gasteiger partial charge in [0.1, 0.15) is 0 Å². The van der Waals surface area contributed by atoms with Crippen LogP contribution in [-0.2, 0) is 16.0 Å². The number of carbonyl (C=O) groups excluding carboxylic acids is 2. The molecule has 0 spiro atoms. The van der Waals surface area contributed by atoms with Gasteiger partial charge in [-0.25, -0.2) is 9.78 Å². The summed E-state index contributed by atoms with van der Waals surface area (Å²) in [7, 11) is 0. The third kappa shape index (κ3) is 4.78. The monoisotopic (exact) mass is 474 g/mol. The number of benzene rings is 1. The first-order valence-corrected chi connectivity index (χ1v) is 12.8. The fraction of sp³-hybridized carbons (Fsp3) is 0.393. The highest BCUT2D eigenvalue weighted by atomic mass is 32.1. The van der Waals surface area contributed by atoms with Crippen molar-refractivity contribution in [3.63, 3.8) is 0 Å². The number of amides is 1. The smallest absolute Gasteiger partial charge is 0.339 e. The molecule has 0 radical (unpaired) electrons. The van der Waals surface area contributed by atoms with Gasteiger partial charge in [0.15, 0.2) is 6.61 Å². The first-order chi connectivity index (χ1) is 16.3. The van der Waals surface area contributed by atoms with Crippen LogP contribution in [0.4, 0.5) is 0 Å². The van der Waals surface area contributed by atoms with Gasteiger partial charge in [0.25, 0.3) is 5.91 Å². The molecule has 0 bridgehead atoms. The number of nitrogens with zero attached hydrogens (tertiary/aromatic N) is 1. The second-order valence-corrected chi connectivity index (χ2v) is 11.4. The van der Waals surface area contributed by atoms with E-state index in [9.17, 15) is 9.59 Å². The highest BCUT2D eigenvalue weighted by Crippen LogP contribution is 2.45. The van der Waals surface area contributed by atoms with Crippen LogP contribution in [0, 0.1) is 11.3 Å². The molecule has 1 atom stereocenters. The summed E-state index contributed by atoms with van der Waals surface area (Å²) in [5, 5.41) is 5.73. The van der Waals surface area contributed by atoms with Gasteiger partial charge in [-0.3, -0.25) is 4.79 Å². The van der Waals surface area contributed by atoms with Crippen molar-refractivity contribution < 1.29 is 14.3 Å². The van der Waals surface area contributed by atoms with Gasteiger partial charge >= 0.3 is 5.97 Å². The first kappa shape index (κ1) is 22.8. The fourth-order valence-corrected chi connectivity index (χ4v) is 5.30. The van der Waals surface area contributed by atoms with E-state index in [1.165, 1.54) is 4.88 Å². The Morgan fingerprint density at radius 2 is 1.94 bits per heavy atom. The summed E-state index contributed by atoms with van der Waals surface area (Å²) in [6.07, 6.45) is 5.85. The van der Waals surface area contributed by atoms with Gasteiger partial charge in [0, 0.05) is 16.3 Å². The number of hydrogen-bond donors (Lipinski definition) is 1. The summed E-state index contributed by atoms with van der Waals surface area (Å²) in [5.74, 6) is -0.348. The molecule has 2 aromatic heterocycles. The Morgan fingerprint density at radius 1 is 1.15 bits per heavy atom. The third-order valence-corrected chi connectivity index (χ3v) is 7.60. The Labute approximate surface area is 204 Å². The van der Waals surface area contributed by atoms with Crippen LogP contribution in [0.15, 0.2) is 41.8 Å². The standard InChI is InChI=1S/C28H30N2O3S/c1-28(2,3)18-13-17(14-20-7-6-12-34-20)26-22(15-18)25(21-8-4-5-9-23(21)30-26)27(32)33-16-24(31)29-19-10-11-19/h4-9,12,14,18-19H,10-11,13,15-16H2,1-3H3,(H,29,31). The molecule has 2 aliphatic rings. The second kappa shape index (κ2) is 8.99. The van der Waals surface area contributed by atoms with Crippen LogP contribution in [0.3, 0.4) is 0 Å². The lowest BCUT2D eigenvalue weighted by Crippen LogP contribution is -2.31. The number of allylic oxidation sites excluding steroid dienone is 1. The number of nitrogens with one attached hydrogen (secondary N) is 1. The van der Waals surface area contributed by atoms with E-state index in [0.29, 0.717) is 11.5 Å². The highest BCUT2D eigenvalue weighted by Gasteiger charge is 2.35. The number of para-hydroxylation sites is 1. The molecular formula is C28H30N2O3S. The summed E-state index contributed by atoms with van der Waals surface area (Å²) >= 11 is 1.70. The summed E-state index contributed by atoms with van der Waals surface area (Å²) in [5.41, 5.74) is 4.33. The molecule has 34 heavy (non-hydrogen) atoms. The summed E-state index contributed by atoms with van der Waals surface area (Å²) in [4.78, 5) is 31.9. The van der Waals surface area contributed by atoms with Crippen LogP contribution in [0.2, 0.25) is 0 Å². The van der Waals surface area contributed by atoms with Gasteiger partial charge in [-0.15, -0.1) is 11.3 Å². The van der Waals surface area contributed by atoms with E-state index in [-0.39, 0.29) is 24.0 Å². The molecule has 1 N–H and O–H groups in total. The van der Waals surface area contributed by atoms with Crippen molar-refractivity contribution in [2.45, 2.75) is 52.5 Å². The largest absolute Gasteiger partial charge is 0.452 e. The Bertz CT molecular complexity index is 1270. The molecule has 2 aliphatic carbocycles. The number of ether oxygens (including phenoxy) is 1. The predicted octanol–water partition coefficient (Wildman–Crippen LogP) is 5.88. The van der Waals surface area contributed by atoms with Crippen molar-refractivity contribution in [3.05, 3.63) is 63.5 Å². The van der Waals surface area contributed by atoms with E-state index in [1.807, 2.05) is 30.3 Å². The van der Waals surface area contributed by atoms with E-state index < -0.39 is 5.97 Å². The van der Waals surface area contributed by atoms with E-state index >= 15 is 0 Å². The lowest BCUT2D eigenvalue weighted by molar-refractivity contribution is -0.124. The zero-order valence-corrected chi connectivity index (χ0v) is 20.7. The molecule has 1 amide bonds. The van der Waals surface area contributed by atoms with Crippen molar-refractivity contribution in [2.75, 3.05) is 6.61 Å². The Kier molecular flexibility index (Phi) is 6.02. The normalized spacial score (nSPS) is 19.1. The van der Waals surface area contributed by atoms with Gasteiger partial charge in [-0.1, -0.05) is 45.0 Å². The number of carbonyl (C=O) groups is 2. The van der Waals surface area contributed by atoms with Gasteiger partial charge < -0.3 is 10.1 Å². The number of aromatic nitrogens is 1. The molecule has 2 heterocycles. The molecule has 1 saturated carbocycles. The SMILES string of the molecule is CC(C)(C)C1CC(=Cc2cccs2)c2nc3ccccc3c(C(=O)OCC(=O)NC3CC3)c2C1. The molecule has 6 heteroatoms. The van der Waals surface area contributed by atoms with E-state index in [4.69, 9.17) is 9.72 Å². The number of esters is 1. The van der Waals surface area contributed by atoms with E-state index in [0.717, 1.165) is 53.4 Å². The summed E-state index contributed by atoms with van der Waals surface area (Å²) in [6, 6.07) is 12.1. The summed E-state index contributed by atoms with van der Waals surface area (Å²) < 4.78 is 5.56. The number of thiophene rings is 1. The van der Waals surface area contributed by atoms with Crippen LogP contribution in [0.25, 0.3) is 22.6 Å². The van der Waals surface area contributed by atoms with Crippen molar-refractivity contribution >= 4 is 45.8 Å². The van der Waals surface area contributed by atoms with Crippen LogP contribution >= 0.6 is 11.3 Å². The zero-order valence-electron chi connectivity index (χ0n) is 19.9. The fourth-order valence-electron chi connectivity index (χ4n) is 4.61. The Morgan fingerprint density at radius 3 is 2.65 bits per heavy atom. The average molecular weight is 475 g/mol. The number of rotatable bonds is 5. The van der Waals surface area contributed by atoms with Crippen LogP contribution in [0.5, 0.6) is 0 Å². The molecule has 0 saturated heterocycles. The van der Waals surface area contributed by atoms with Crippen LogP contribution in [0.1, 0.15) is 66.5 Å². The molecular weight excluding hydrogens is 444 g/mol. The maximum Gasteiger partial charge on any atom is 0.339 e. The quantitative estimate of drug-likeness (QED) is 0.469. The molecule has 5 rings (SSSR count). The molecule has 1 fully saturated rings. The second-order valence-electron chi connectivity index (χ2n) is 10.4. The minimum Gasteiger partial charge on any atom is -0.452 e. The number of hydrogen-bond acceptors (Lipinski definition) is 5. The van der Waals surface area contributed by atoms with E-state index in [2.05, 4.69) is 43.6 Å². The molecule has 3 aromatic rings. The molecule has 176 valence electrons. The highest BCUT2D eigenvalue weighted by molar-refractivity contribution is 7.10. The minimum atomic E-state index is -0.453. The molecule has 1 aromatic carbocycles. The molecule has 0 aliphatic heterocycles. The maximum atomic E-state index is 13.5. The average Bonchev–Trinajstić information content (AvgIpc) is 3.46. The van der Waals surface area contributed by atoms with Gasteiger partial charge in [-0.2, -0.15) is 0 Å². The van der Waals surface area contributed by atoms with Crippen LogP contribution in [-0.4, -0.2) is 29.5 Å². The predicted molar refractivity (Wildman–Crippen MR) is 137 cm³/mol. The number of pyridine rings is 1. The number of fused-ring (bicyclic) bond motifs is 2. The summed E-state index contributed by atoms with van der Waals surface area (Å²) in [6.45, 7) is 6.49. The third-order valence-electron chi connectivity index (χ3n) is 6.78. The Balaban J connectivity index is 1.60. The lowest BCUT2D eigenvalue weighted by atomic mass is 9.69. The topological polar surface area (TPSA) is 68.3 Å². The van der Waals surface area contributed by atoms with Crippen molar-refractivity contribution in [1.82, 2.24) is 10.3 Å². The van der Waals surface area contributed by atoms with Crippen LogP contribution < -0.4 is 5.32 Å². The lowest BCUT2D eigenvalue weighted by Gasteiger charge is -2.36. The van der Waals surface area contributed by atoms with Crippen molar-refractivity contribution in [2.24, 2.45) is 11.3 Å². The first-order valence-electron chi connectivity index (χ1n) is 11.9. The maximum absolute atomic E-state index is 13.5. The van der Waals surface area contributed by atoms with E-state index in [1.54, 1.807) is 11.3 Å². The zero-order chi connectivity index (χ0) is 23.9. The van der Waals surface area contributed by atoms with Gasteiger partial charge in [0.05, 0.1) is 16.8 Å².